The molecule has 2 heteroatoms. The summed E-state index contributed by atoms with van der Waals surface area (Å²) in [6, 6.07) is 10.4. The van der Waals surface area contributed by atoms with Gasteiger partial charge in [-0.15, -0.1) is 0 Å². The quantitative estimate of drug-likeness (QED) is 0.688. The normalized spacial score (nSPS) is 13.0. The fourth-order valence-electron chi connectivity index (χ4n) is 1.36. The Kier molecular flexibility index (Phi) is 3.67. The Morgan fingerprint density at radius 2 is 1.79 bits per heavy atom. The zero-order valence-corrected chi connectivity index (χ0v) is 10.4. The second kappa shape index (κ2) is 4.58. The molecule has 0 aliphatic carbocycles. The smallest absolute Gasteiger partial charge is 0.210 e. The molecule has 1 nitrogen and oxygen atoms in total. The monoisotopic (exact) mass is 206 g/mol. The average molecular weight is 206 g/mol. The van der Waals surface area contributed by atoms with Crippen molar-refractivity contribution in [1.29, 1.82) is 0 Å². The van der Waals surface area contributed by atoms with E-state index in [-0.39, 0.29) is 0 Å². The van der Waals surface area contributed by atoms with Gasteiger partial charge in [0, 0.05) is 7.11 Å². The molecule has 0 fully saturated rings. The van der Waals surface area contributed by atoms with Crippen molar-refractivity contribution in [3.8, 4) is 0 Å². The lowest BCUT2D eigenvalue weighted by Gasteiger charge is -2.16. The second-order valence-corrected chi connectivity index (χ2v) is 7.90. The van der Waals surface area contributed by atoms with Crippen molar-refractivity contribution in [2.45, 2.75) is 20.0 Å². The lowest BCUT2D eigenvalue weighted by Crippen LogP contribution is -2.26. The predicted molar refractivity (Wildman–Crippen MR) is 64.6 cm³/mol. The van der Waals surface area contributed by atoms with Crippen LogP contribution in [-0.2, 0) is 4.43 Å². The van der Waals surface area contributed by atoms with Crippen LogP contribution in [0.25, 0.3) is 5.57 Å². The molecule has 0 aromatic heterocycles. The van der Waals surface area contributed by atoms with Gasteiger partial charge in [0.15, 0.2) is 0 Å². The first kappa shape index (κ1) is 11.2. The minimum atomic E-state index is -1.59. The van der Waals surface area contributed by atoms with E-state index >= 15 is 0 Å². The molecule has 14 heavy (non-hydrogen) atoms. The van der Waals surface area contributed by atoms with Crippen LogP contribution in [0.3, 0.4) is 0 Å². The van der Waals surface area contributed by atoms with Crippen LogP contribution in [0.4, 0.5) is 0 Å². The van der Waals surface area contributed by atoms with Gasteiger partial charge in [0.2, 0.25) is 8.32 Å². The van der Waals surface area contributed by atoms with Crippen LogP contribution >= 0.6 is 0 Å². The van der Waals surface area contributed by atoms with Gasteiger partial charge in [0.05, 0.1) is 0 Å². The maximum Gasteiger partial charge on any atom is 0.210 e. The maximum atomic E-state index is 5.49. The van der Waals surface area contributed by atoms with Gasteiger partial charge in [-0.1, -0.05) is 36.0 Å². The highest BCUT2D eigenvalue weighted by Crippen LogP contribution is 2.17. The van der Waals surface area contributed by atoms with Crippen LogP contribution in [0.1, 0.15) is 12.5 Å². The van der Waals surface area contributed by atoms with Crippen molar-refractivity contribution in [3.05, 3.63) is 41.6 Å². The van der Waals surface area contributed by atoms with Crippen molar-refractivity contribution in [2.24, 2.45) is 0 Å². The minimum absolute atomic E-state index is 1.28. The number of hydrogen-bond acceptors (Lipinski definition) is 1. The topological polar surface area (TPSA) is 9.23 Å². The fraction of sp³-hybridized carbons (Fsp3) is 0.333. The first-order valence-corrected chi connectivity index (χ1v) is 7.84. The molecule has 0 aliphatic heterocycles. The van der Waals surface area contributed by atoms with Crippen molar-refractivity contribution in [1.82, 2.24) is 0 Å². The lowest BCUT2D eigenvalue weighted by atomic mass is 10.1. The van der Waals surface area contributed by atoms with Gasteiger partial charge in [-0.3, -0.25) is 0 Å². The summed E-state index contributed by atoms with van der Waals surface area (Å²) in [7, 11) is 0.207. The van der Waals surface area contributed by atoms with Crippen LogP contribution in [0.15, 0.2) is 36.0 Å². The Bertz CT molecular complexity index is 314. The molecule has 0 heterocycles. The van der Waals surface area contributed by atoms with Crippen LogP contribution in [0, 0.1) is 0 Å². The molecule has 1 aromatic carbocycles. The number of hydrogen-bond donors (Lipinski definition) is 0. The van der Waals surface area contributed by atoms with Gasteiger partial charge in [-0.05, 0) is 31.2 Å². The van der Waals surface area contributed by atoms with Gasteiger partial charge in [-0.25, -0.2) is 0 Å². The first-order valence-electron chi connectivity index (χ1n) is 4.85. The third-order valence-electron chi connectivity index (χ3n) is 2.32. The van der Waals surface area contributed by atoms with Gasteiger partial charge in [-0.2, -0.15) is 0 Å². The lowest BCUT2D eigenvalue weighted by molar-refractivity contribution is 0.415. The summed E-state index contributed by atoms with van der Waals surface area (Å²) in [5.74, 6) is 0. The summed E-state index contributed by atoms with van der Waals surface area (Å²) in [5, 5.41) is 0. The minimum Gasteiger partial charge on any atom is -0.417 e. The zero-order valence-electron chi connectivity index (χ0n) is 9.37. The van der Waals surface area contributed by atoms with Crippen molar-refractivity contribution in [2.75, 3.05) is 7.11 Å². The van der Waals surface area contributed by atoms with Gasteiger partial charge in [0.25, 0.3) is 0 Å². The second-order valence-electron chi connectivity index (χ2n) is 4.00. The highest BCUT2D eigenvalue weighted by Gasteiger charge is 2.17. The molecule has 76 valence electrons. The SMILES string of the molecule is CO[Si](C)(C)C=C(C)c1ccccc1. The van der Waals surface area contributed by atoms with E-state index in [0.29, 0.717) is 0 Å². The number of benzene rings is 1. The molecule has 0 aliphatic rings. The molecule has 0 N–H and O–H groups in total. The highest BCUT2D eigenvalue weighted by atomic mass is 28.4. The Morgan fingerprint density at radius 1 is 1.21 bits per heavy atom. The Labute approximate surface area is 87.5 Å². The van der Waals surface area contributed by atoms with E-state index in [0.717, 1.165) is 0 Å². The third-order valence-corrected chi connectivity index (χ3v) is 4.50. The van der Waals surface area contributed by atoms with Gasteiger partial charge in [0.1, 0.15) is 0 Å². The molecule has 0 unspecified atom stereocenters. The maximum absolute atomic E-state index is 5.49. The average Bonchev–Trinajstić information content (AvgIpc) is 2.19. The number of rotatable bonds is 3. The summed E-state index contributed by atoms with van der Waals surface area (Å²) in [5.41, 5.74) is 4.87. The summed E-state index contributed by atoms with van der Waals surface area (Å²) in [6.45, 7) is 6.53. The highest BCUT2D eigenvalue weighted by molar-refractivity contribution is 6.77. The molecule has 1 rings (SSSR count). The van der Waals surface area contributed by atoms with Gasteiger partial charge >= 0.3 is 0 Å². The molecule has 0 saturated carbocycles. The van der Waals surface area contributed by atoms with Crippen LogP contribution in [-0.4, -0.2) is 15.4 Å². The Hall–Kier alpha value is -0.863. The molecule has 0 bridgehead atoms. The summed E-state index contributed by atoms with van der Waals surface area (Å²) in [6.07, 6.45) is 0. The van der Waals surface area contributed by atoms with E-state index in [1.807, 2.05) is 6.07 Å². The molecule has 1 aromatic rings. The number of allylic oxidation sites excluding steroid dienone is 1. The Morgan fingerprint density at radius 3 is 2.29 bits per heavy atom. The zero-order chi connectivity index (χ0) is 10.6. The molecule has 0 radical (unpaired) electrons. The third kappa shape index (κ3) is 3.12. The van der Waals surface area contributed by atoms with Crippen molar-refractivity contribution >= 4 is 13.9 Å². The molecule has 0 atom stereocenters. The fourth-order valence-corrected chi connectivity index (χ4v) is 2.69. The first-order chi connectivity index (χ1) is 6.55. The summed E-state index contributed by atoms with van der Waals surface area (Å²) < 4.78 is 5.49. The summed E-state index contributed by atoms with van der Waals surface area (Å²) >= 11 is 0. The summed E-state index contributed by atoms with van der Waals surface area (Å²) in [4.78, 5) is 0. The molecular formula is C12H18OSi. The van der Waals surface area contributed by atoms with Crippen LogP contribution in [0.5, 0.6) is 0 Å². The van der Waals surface area contributed by atoms with E-state index in [2.05, 4.69) is 50.0 Å². The Balaban J connectivity index is 2.91. The van der Waals surface area contributed by atoms with E-state index in [1.165, 1.54) is 11.1 Å². The van der Waals surface area contributed by atoms with E-state index in [9.17, 15) is 0 Å². The van der Waals surface area contributed by atoms with E-state index in [1.54, 1.807) is 7.11 Å². The van der Waals surface area contributed by atoms with Crippen molar-refractivity contribution in [3.63, 3.8) is 0 Å². The molecule has 0 amide bonds. The molecule has 0 spiro atoms. The van der Waals surface area contributed by atoms with Crippen LogP contribution in [0.2, 0.25) is 13.1 Å². The van der Waals surface area contributed by atoms with E-state index in [4.69, 9.17) is 4.43 Å². The van der Waals surface area contributed by atoms with Crippen LogP contribution < -0.4 is 0 Å². The van der Waals surface area contributed by atoms with E-state index < -0.39 is 8.32 Å². The van der Waals surface area contributed by atoms with Crippen molar-refractivity contribution < 1.29 is 4.43 Å². The van der Waals surface area contributed by atoms with Gasteiger partial charge < -0.3 is 4.43 Å². The largest absolute Gasteiger partial charge is 0.417 e. The standard InChI is InChI=1S/C12H18OSi/c1-11(10-14(3,4)13-2)12-8-6-5-7-9-12/h5-10H,1-4H3. The predicted octanol–water partition coefficient (Wildman–Crippen LogP) is 3.48. The molecular weight excluding hydrogens is 188 g/mol. The molecule has 0 saturated heterocycles.